The van der Waals surface area contributed by atoms with Crippen molar-refractivity contribution in [3.8, 4) is 16.8 Å². The van der Waals surface area contributed by atoms with Gasteiger partial charge in [-0.15, -0.1) is 0 Å². The molecule has 6 aliphatic rings. The standard InChI is InChI=1S/C66H38N2O2/c69-65-54-33-58-48(31-50(54)60-40-17-4-8-21-44(40)62(65)45-22-9-5-18-41(45)60)52-28-36(35-26-27-39-38-16-12-13-25-56(38)67(57(39)30-35)37-14-2-1-3-15-37)29-53-49-32-51-55(34-59(49)68(58)64(52)53)66(70)63-46-23-10-6-19-42(46)61(51)43-20-7-11-24-47(43)63/h1-34,60-63H. The van der Waals surface area contributed by atoms with Crippen LogP contribution in [0.4, 0.5) is 0 Å². The van der Waals surface area contributed by atoms with Crippen molar-refractivity contribution in [1.29, 1.82) is 0 Å². The molecule has 0 unspecified atom stereocenters. The zero-order chi connectivity index (χ0) is 45.7. The van der Waals surface area contributed by atoms with E-state index in [1.807, 2.05) is 0 Å². The number of hydrogen-bond donors (Lipinski definition) is 0. The Balaban J connectivity index is 0.996. The minimum atomic E-state index is -0.381. The van der Waals surface area contributed by atoms with E-state index in [4.69, 9.17) is 0 Å². The van der Waals surface area contributed by atoms with Gasteiger partial charge in [-0.05, 0) is 127 Å². The van der Waals surface area contributed by atoms with Crippen LogP contribution in [0.2, 0.25) is 0 Å². The summed E-state index contributed by atoms with van der Waals surface area (Å²) in [6.45, 7) is 0. The molecule has 4 bridgehead atoms. The first-order chi connectivity index (χ1) is 34.6. The van der Waals surface area contributed by atoms with E-state index in [0.717, 1.165) is 105 Å². The molecule has 3 heterocycles. The van der Waals surface area contributed by atoms with Crippen LogP contribution in [0.25, 0.3) is 76.7 Å². The maximum absolute atomic E-state index is 15.4. The number of Topliss-reactive ketones (excluding diaryl/α,β-unsaturated/α-hetero) is 2. The van der Waals surface area contributed by atoms with Crippen molar-refractivity contribution in [2.24, 2.45) is 0 Å². The van der Waals surface area contributed by atoms with Crippen LogP contribution in [0.15, 0.2) is 206 Å². The molecule has 0 fully saturated rings. The highest BCUT2D eigenvalue weighted by Crippen LogP contribution is 2.56. The van der Waals surface area contributed by atoms with Gasteiger partial charge in [0.2, 0.25) is 0 Å². The number of benzene rings is 10. The van der Waals surface area contributed by atoms with Crippen LogP contribution in [0.5, 0.6) is 0 Å². The maximum atomic E-state index is 15.4. The van der Waals surface area contributed by atoms with Crippen molar-refractivity contribution >= 4 is 71.5 Å². The molecule has 19 rings (SSSR count). The highest BCUT2D eigenvalue weighted by molar-refractivity contribution is 6.27. The number of para-hydroxylation sites is 2. The average Bonchev–Trinajstić information content (AvgIpc) is 3.94. The van der Waals surface area contributed by atoms with Crippen LogP contribution >= 0.6 is 0 Å². The molecule has 0 radical (unpaired) electrons. The normalized spacial score (nSPS) is 18.3. The summed E-state index contributed by atoms with van der Waals surface area (Å²) >= 11 is 0. The van der Waals surface area contributed by atoms with Crippen molar-refractivity contribution in [1.82, 2.24) is 8.97 Å². The second-order valence-electron chi connectivity index (χ2n) is 20.1. The number of hydrogen-bond acceptors (Lipinski definition) is 2. The van der Waals surface area contributed by atoms with Gasteiger partial charge in [0, 0.05) is 61.0 Å². The minimum Gasteiger partial charge on any atom is -0.309 e. The summed E-state index contributed by atoms with van der Waals surface area (Å²) in [7, 11) is 0. The third-order valence-corrected chi connectivity index (χ3v) is 16.9. The predicted molar refractivity (Wildman–Crippen MR) is 281 cm³/mol. The Morgan fingerprint density at radius 3 is 1.21 bits per heavy atom. The van der Waals surface area contributed by atoms with Gasteiger partial charge in [-0.3, -0.25) is 9.59 Å². The summed E-state index contributed by atoms with van der Waals surface area (Å²) in [6.07, 6.45) is 0. The molecule has 10 aromatic carbocycles. The maximum Gasteiger partial charge on any atom is 0.175 e. The molecule has 324 valence electrons. The van der Waals surface area contributed by atoms with Crippen molar-refractivity contribution in [3.63, 3.8) is 0 Å². The lowest BCUT2D eigenvalue weighted by Crippen LogP contribution is -2.19. The average molecular weight is 891 g/mol. The molecule has 0 aliphatic heterocycles. The first kappa shape index (κ1) is 37.2. The van der Waals surface area contributed by atoms with E-state index < -0.39 is 0 Å². The van der Waals surface area contributed by atoms with E-state index in [9.17, 15) is 0 Å². The van der Waals surface area contributed by atoms with Crippen LogP contribution in [-0.4, -0.2) is 20.5 Å². The van der Waals surface area contributed by atoms with E-state index in [1.54, 1.807) is 0 Å². The molecule has 4 heteroatoms. The van der Waals surface area contributed by atoms with E-state index in [1.165, 1.54) is 38.5 Å². The van der Waals surface area contributed by atoms with Gasteiger partial charge >= 0.3 is 0 Å². The molecule has 0 saturated heterocycles. The number of aromatic nitrogens is 2. The lowest BCUT2D eigenvalue weighted by Gasteiger charge is -2.30. The molecule has 0 atom stereocenters. The molecule has 70 heavy (non-hydrogen) atoms. The minimum absolute atomic E-state index is 0.0831. The topological polar surface area (TPSA) is 43.5 Å². The van der Waals surface area contributed by atoms with E-state index >= 15 is 9.59 Å². The Morgan fingerprint density at radius 2 is 0.714 bits per heavy atom. The van der Waals surface area contributed by atoms with Gasteiger partial charge in [0.1, 0.15) is 0 Å². The molecule has 0 saturated carbocycles. The number of carbonyl (C=O) groups is 2. The number of nitrogens with zero attached hydrogens (tertiary/aromatic N) is 2. The molecule has 4 nitrogen and oxygen atoms in total. The van der Waals surface area contributed by atoms with Gasteiger partial charge < -0.3 is 8.97 Å². The van der Waals surface area contributed by atoms with Crippen LogP contribution < -0.4 is 0 Å². The fourth-order valence-electron chi connectivity index (χ4n) is 14.1. The molecule has 0 spiro atoms. The van der Waals surface area contributed by atoms with E-state index in [2.05, 4.69) is 215 Å². The SMILES string of the molecule is O=C1c2cc3c(cc2C2c4ccccc4C1c1ccccc12)c1cc(-c2ccc4c5ccccc5n(-c5ccccc5)c4c2)cc2c4cc5c(cc4n3c12)C(=O)C1c2ccccc2C5c2ccccc21. The summed E-state index contributed by atoms with van der Waals surface area (Å²) < 4.78 is 4.78. The Bertz CT molecular complexity index is 4250. The molecular weight excluding hydrogens is 853 g/mol. The summed E-state index contributed by atoms with van der Waals surface area (Å²) in [6, 6.07) is 74.5. The molecule has 3 aromatic heterocycles. The van der Waals surface area contributed by atoms with Gasteiger partial charge in [-0.25, -0.2) is 0 Å². The third kappa shape index (κ3) is 4.48. The monoisotopic (exact) mass is 890 g/mol. The van der Waals surface area contributed by atoms with Crippen molar-refractivity contribution in [2.45, 2.75) is 23.7 Å². The van der Waals surface area contributed by atoms with Gasteiger partial charge in [-0.2, -0.15) is 0 Å². The summed E-state index contributed by atoms with van der Waals surface area (Å²) in [5, 5.41) is 6.92. The van der Waals surface area contributed by atoms with Crippen LogP contribution in [-0.2, 0) is 0 Å². The number of ketones is 2. The highest BCUT2D eigenvalue weighted by Gasteiger charge is 2.45. The van der Waals surface area contributed by atoms with Gasteiger partial charge in [-0.1, -0.05) is 146 Å². The number of carbonyl (C=O) groups excluding carboxylic acids is 2. The van der Waals surface area contributed by atoms with E-state index in [-0.39, 0.29) is 35.2 Å². The molecule has 0 N–H and O–H groups in total. The van der Waals surface area contributed by atoms with Crippen molar-refractivity contribution in [3.05, 3.63) is 273 Å². The molecular formula is C66H38N2O2. The van der Waals surface area contributed by atoms with Gasteiger partial charge in [0.25, 0.3) is 0 Å². The van der Waals surface area contributed by atoms with Gasteiger partial charge in [0.05, 0.1) is 39.4 Å². The van der Waals surface area contributed by atoms with Crippen LogP contribution in [0, 0.1) is 0 Å². The second kappa shape index (κ2) is 13.0. The number of rotatable bonds is 2. The molecule has 6 aliphatic carbocycles. The van der Waals surface area contributed by atoms with Crippen LogP contribution in [0.1, 0.15) is 100 Å². The Labute approximate surface area is 401 Å². The second-order valence-corrected chi connectivity index (χ2v) is 20.1. The molecule has 13 aromatic rings. The third-order valence-electron chi connectivity index (χ3n) is 16.9. The zero-order valence-corrected chi connectivity index (χ0v) is 37.7. The van der Waals surface area contributed by atoms with Crippen molar-refractivity contribution in [2.75, 3.05) is 0 Å². The predicted octanol–water partition coefficient (Wildman–Crippen LogP) is 15.2. The highest BCUT2D eigenvalue weighted by atomic mass is 16.1. The zero-order valence-electron chi connectivity index (χ0n) is 37.7. The summed E-state index contributed by atoms with van der Waals surface area (Å²) in [5.41, 5.74) is 21.7. The van der Waals surface area contributed by atoms with Crippen LogP contribution in [0.3, 0.4) is 0 Å². The fraction of sp³-hybridized carbons (Fsp3) is 0.0606. The first-order valence-electron chi connectivity index (χ1n) is 24.5. The Morgan fingerprint density at radius 1 is 0.286 bits per heavy atom. The first-order valence-corrected chi connectivity index (χ1v) is 24.5. The molecule has 0 amide bonds. The smallest absolute Gasteiger partial charge is 0.175 e. The summed E-state index contributed by atoms with van der Waals surface area (Å²) in [5.74, 6) is -0.650. The summed E-state index contributed by atoms with van der Waals surface area (Å²) in [4.78, 5) is 30.8. The quantitative estimate of drug-likeness (QED) is 0.174. The number of fused-ring (bicyclic) bond motifs is 9. The Kier molecular flexibility index (Phi) is 6.91. The van der Waals surface area contributed by atoms with Crippen molar-refractivity contribution < 1.29 is 9.59 Å². The lowest BCUT2D eigenvalue weighted by molar-refractivity contribution is 0.0966. The van der Waals surface area contributed by atoms with Gasteiger partial charge in [0.15, 0.2) is 11.6 Å². The largest absolute Gasteiger partial charge is 0.309 e. The van der Waals surface area contributed by atoms with E-state index in [0.29, 0.717) is 0 Å². The Hall–Kier alpha value is -8.86. The lowest BCUT2D eigenvalue weighted by atomic mass is 9.72. The fourth-order valence-corrected chi connectivity index (χ4v) is 14.1.